The van der Waals surface area contributed by atoms with Gasteiger partial charge in [0, 0.05) is 24.3 Å². The average molecular weight is 320 g/mol. The fourth-order valence-corrected chi connectivity index (χ4v) is 3.21. The summed E-state index contributed by atoms with van der Waals surface area (Å²) < 4.78 is 5.17. The van der Waals surface area contributed by atoms with Crippen LogP contribution in [-0.4, -0.2) is 48.3 Å². The number of anilines is 1. The molecule has 0 heterocycles. The Kier molecular flexibility index (Phi) is 6.86. The molecule has 0 aromatic heterocycles. The van der Waals surface area contributed by atoms with Gasteiger partial charge in [0.2, 0.25) is 5.91 Å². The van der Waals surface area contributed by atoms with E-state index < -0.39 is 6.10 Å². The molecule has 1 aliphatic carbocycles. The summed E-state index contributed by atoms with van der Waals surface area (Å²) in [5.74, 6) is 0.667. The summed E-state index contributed by atoms with van der Waals surface area (Å²) in [6.07, 6.45) is 5.48. The van der Waals surface area contributed by atoms with Gasteiger partial charge in [-0.05, 0) is 31.9 Å². The highest BCUT2D eigenvalue weighted by Crippen LogP contribution is 2.23. The Morgan fingerprint density at radius 2 is 2.13 bits per heavy atom. The molecule has 1 aromatic rings. The molecular weight excluding hydrogens is 292 g/mol. The van der Waals surface area contributed by atoms with Crippen molar-refractivity contribution in [3.8, 4) is 5.75 Å². The summed E-state index contributed by atoms with van der Waals surface area (Å²) in [6, 6.07) is 7.74. The van der Waals surface area contributed by atoms with Crippen LogP contribution in [0.15, 0.2) is 24.3 Å². The maximum Gasteiger partial charge on any atom is 0.238 e. The van der Waals surface area contributed by atoms with Crippen LogP contribution in [0.2, 0.25) is 0 Å². The number of aliphatic hydroxyl groups is 1. The Balaban J connectivity index is 1.95. The second-order valence-corrected chi connectivity index (χ2v) is 6.35. The monoisotopic (exact) mass is 320 g/mol. The van der Waals surface area contributed by atoms with E-state index in [9.17, 15) is 9.90 Å². The molecule has 0 saturated heterocycles. The molecular formula is C18H28N2O3. The van der Waals surface area contributed by atoms with Crippen molar-refractivity contribution in [1.29, 1.82) is 0 Å². The SMILES string of the molecule is COc1cccc(NC(=O)CN(CC(C)O)C2CCCCC2)c1. The van der Waals surface area contributed by atoms with E-state index in [1.54, 1.807) is 20.1 Å². The Morgan fingerprint density at radius 1 is 1.39 bits per heavy atom. The third-order valence-corrected chi connectivity index (χ3v) is 4.29. The van der Waals surface area contributed by atoms with E-state index in [1.807, 2.05) is 18.2 Å². The van der Waals surface area contributed by atoms with Gasteiger partial charge in [-0.2, -0.15) is 0 Å². The molecule has 0 aliphatic heterocycles. The van der Waals surface area contributed by atoms with Gasteiger partial charge >= 0.3 is 0 Å². The highest BCUT2D eigenvalue weighted by molar-refractivity contribution is 5.92. The summed E-state index contributed by atoms with van der Waals surface area (Å²) in [5, 5.41) is 12.7. The lowest BCUT2D eigenvalue weighted by atomic mass is 9.94. The Morgan fingerprint density at radius 3 is 2.78 bits per heavy atom. The predicted octanol–water partition coefficient (Wildman–Crippen LogP) is 2.65. The molecule has 0 bridgehead atoms. The topological polar surface area (TPSA) is 61.8 Å². The third kappa shape index (κ3) is 5.84. The molecule has 1 saturated carbocycles. The number of nitrogens with zero attached hydrogens (tertiary/aromatic N) is 1. The van der Waals surface area contributed by atoms with Crippen LogP contribution in [0.5, 0.6) is 5.75 Å². The standard InChI is InChI=1S/C18H28N2O3/c1-14(21)12-20(16-8-4-3-5-9-16)13-18(22)19-15-7-6-10-17(11-15)23-2/h6-7,10-11,14,16,21H,3-5,8-9,12-13H2,1-2H3,(H,19,22). The Labute approximate surface area is 138 Å². The summed E-state index contributed by atoms with van der Waals surface area (Å²) in [7, 11) is 1.61. The van der Waals surface area contributed by atoms with Gasteiger partial charge in [-0.3, -0.25) is 9.69 Å². The van der Waals surface area contributed by atoms with Crippen molar-refractivity contribution in [1.82, 2.24) is 4.90 Å². The first-order chi connectivity index (χ1) is 11.1. The van der Waals surface area contributed by atoms with Crippen LogP contribution >= 0.6 is 0 Å². The van der Waals surface area contributed by atoms with Gasteiger partial charge in [-0.15, -0.1) is 0 Å². The van der Waals surface area contributed by atoms with E-state index in [2.05, 4.69) is 10.2 Å². The summed E-state index contributed by atoms with van der Waals surface area (Å²) >= 11 is 0. The number of carbonyl (C=O) groups is 1. The minimum absolute atomic E-state index is 0.0514. The number of nitrogens with one attached hydrogen (secondary N) is 1. The smallest absolute Gasteiger partial charge is 0.238 e. The Hall–Kier alpha value is -1.59. The molecule has 0 spiro atoms. The van der Waals surface area contributed by atoms with Crippen molar-refractivity contribution in [3.63, 3.8) is 0 Å². The normalized spacial score (nSPS) is 17.0. The number of methoxy groups -OCH3 is 1. The number of amides is 1. The lowest BCUT2D eigenvalue weighted by molar-refractivity contribution is -0.118. The van der Waals surface area contributed by atoms with Gasteiger partial charge in [-0.25, -0.2) is 0 Å². The fraction of sp³-hybridized carbons (Fsp3) is 0.611. The zero-order chi connectivity index (χ0) is 16.7. The number of benzene rings is 1. The molecule has 1 atom stereocenters. The average Bonchev–Trinajstić information content (AvgIpc) is 2.54. The van der Waals surface area contributed by atoms with Gasteiger partial charge < -0.3 is 15.2 Å². The molecule has 1 aliphatic rings. The molecule has 1 fully saturated rings. The molecule has 1 aromatic carbocycles. The van der Waals surface area contributed by atoms with Gasteiger partial charge in [0.05, 0.1) is 19.8 Å². The number of rotatable bonds is 7. The van der Waals surface area contributed by atoms with Crippen LogP contribution < -0.4 is 10.1 Å². The molecule has 5 nitrogen and oxygen atoms in total. The van der Waals surface area contributed by atoms with Gasteiger partial charge in [0.15, 0.2) is 0 Å². The predicted molar refractivity (Wildman–Crippen MR) is 91.8 cm³/mol. The maximum atomic E-state index is 12.4. The highest BCUT2D eigenvalue weighted by atomic mass is 16.5. The highest BCUT2D eigenvalue weighted by Gasteiger charge is 2.24. The first-order valence-corrected chi connectivity index (χ1v) is 8.44. The van der Waals surface area contributed by atoms with E-state index in [4.69, 9.17) is 4.74 Å². The molecule has 1 unspecified atom stereocenters. The van der Waals surface area contributed by atoms with Crippen LogP contribution in [0.4, 0.5) is 5.69 Å². The van der Waals surface area contributed by atoms with E-state index in [-0.39, 0.29) is 5.91 Å². The lowest BCUT2D eigenvalue weighted by Crippen LogP contribution is -2.45. The number of hydrogen-bond donors (Lipinski definition) is 2. The molecule has 23 heavy (non-hydrogen) atoms. The Bertz CT molecular complexity index is 499. The fourth-order valence-electron chi connectivity index (χ4n) is 3.21. The maximum absolute atomic E-state index is 12.4. The van der Waals surface area contributed by atoms with Gasteiger partial charge in [0.1, 0.15) is 5.75 Å². The van der Waals surface area contributed by atoms with Crippen LogP contribution in [0.25, 0.3) is 0 Å². The van der Waals surface area contributed by atoms with Gasteiger partial charge in [0.25, 0.3) is 0 Å². The number of aliphatic hydroxyl groups excluding tert-OH is 1. The molecule has 5 heteroatoms. The van der Waals surface area contributed by atoms with Crippen LogP contribution in [0, 0.1) is 0 Å². The van der Waals surface area contributed by atoms with Crippen LogP contribution in [0.1, 0.15) is 39.0 Å². The van der Waals surface area contributed by atoms with E-state index in [1.165, 1.54) is 19.3 Å². The van der Waals surface area contributed by atoms with Crippen molar-refractivity contribution >= 4 is 11.6 Å². The van der Waals surface area contributed by atoms with Crippen LogP contribution in [-0.2, 0) is 4.79 Å². The van der Waals surface area contributed by atoms with Gasteiger partial charge in [-0.1, -0.05) is 25.3 Å². The minimum Gasteiger partial charge on any atom is -0.497 e. The van der Waals surface area contributed by atoms with Crippen molar-refractivity contribution < 1.29 is 14.6 Å². The van der Waals surface area contributed by atoms with Crippen molar-refractivity contribution in [2.24, 2.45) is 0 Å². The molecule has 2 rings (SSSR count). The summed E-state index contributed by atoms with van der Waals surface area (Å²) in [4.78, 5) is 14.5. The zero-order valence-corrected chi connectivity index (χ0v) is 14.1. The van der Waals surface area contributed by atoms with Crippen molar-refractivity contribution in [2.75, 3.05) is 25.5 Å². The van der Waals surface area contributed by atoms with E-state index >= 15 is 0 Å². The first kappa shape index (κ1) is 17.8. The second-order valence-electron chi connectivity index (χ2n) is 6.35. The summed E-state index contributed by atoms with van der Waals surface area (Å²) in [6.45, 7) is 2.62. The number of carbonyl (C=O) groups excluding carboxylic acids is 1. The third-order valence-electron chi connectivity index (χ3n) is 4.29. The second kappa shape index (κ2) is 8.89. The van der Waals surface area contributed by atoms with Crippen molar-refractivity contribution in [2.45, 2.75) is 51.2 Å². The lowest BCUT2D eigenvalue weighted by Gasteiger charge is -2.34. The minimum atomic E-state index is -0.429. The zero-order valence-electron chi connectivity index (χ0n) is 14.1. The molecule has 1 amide bonds. The number of ether oxygens (including phenoxy) is 1. The van der Waals surface area contributed by atoms with Crippen molar-refractivity contribution in [3.05, 3.63) is 24.3 Å². The summed E-state index contributed by atoms with van der Waals surface area (Å²) in [5.41, 5.74) is 0.731. The molecule has 128 valence electrons. The van der Waals surface area contributed by atoms with E-state index in [0.29, 0.717) is 19.1 Å². The molecule has 2 N–H and O–H groups in total. The number of hydrogen-bond acceptors (Lipinski definition) is 4. The first-order valence-electron chi connectivity index (χ1n) is 8.44. The molecule has 0 radical (unpaired) electrons. The van der Waals surface area contributed by atoms with E-state index in [0.717, 1.165) is 24.3 Å². The largest absolute Gasteiger partial charge is 0.497 e. The van der Waals surface area contributed by atoms with Crippen LogP contribution in [0.3, 0.4) is 0 Å². The quantitative estimate of drug-likeness (QED) is 0.811.